The smallest absolute Gasteiger partial charge is 0.307 e. The molecule has 1 amide bonds. The van der Waals surface area contributed by atoms with Crippen molar-refractivity contribution >= 4 is 11.9 Å². The van der Waals surface area contributed by atoms with Crippen LogP contribution < -0.4 is 5.32 Å². The Balaban J connectivity index is 1.64. The third-order valence-electron chi connectivity index (χ3n) is 4.59. The highest BCUT2D eigenvalue weighted by atomic mass is 16.4. The number of hydrogen-bond acceptors (Lipinski definition) is 3. The van der Waals surface area contributed by atoms with Crippen LogP contribution in [-0.4, -0.2) is 26.8 Å². The van der Waals surface area contributed by atoms with Gasteiger partial charge >= 0.3 is 5.97 Å². The Morgan fingerprint density at radius 3 is 2.58 bits per heavy atom. The fraction of sp³-hybridized carbons (Fsp3) is 0.389. The van der Waals surface area contributed by atoms with E-state index in [1.54, 1.807) is 0 Å². The number of hydrogen-bond donors (Lipinski definition) is 2. The molecule has 0 unspecified atom stereocenters. The third kappa shape index (κ3) is 3.32. The Morgan fingerprint density at radius 1 is 1.25 bits per heavy atom. The Bertz CT molecular complexity index is 767. The first-order valence-corrected chi connectivity index (χ1v) is 8.04. The van der Waals surface area contributed by atoms with Gasteiger partial charge in [0, 0.05) is 17.8 Å². The number of nitrogens with zero attached hydrogens (tertiary/aromatic N) is 2. The maximum atomic E-state index is 12.0. The third-order valence-corrected chi connectivity index (χ3v) is 4.59. The molecule has 0 bridgehead atoms. The number of aryl methyl sites for hydroxylation is 1. The van der Waals surface area contributed by atoms with Crippen LogP contribution in [0.25, 0.3) is 0 Å². The monoisotopic (exact) mass is 327 g/mol. The number of carboxylic acid groups (broad SMARTS) is 1. The number of aliphatic carboxylic acids is 1. The minimum Gasteiger partial charge on any atom is -0.481 e. The van der Waals surface area contributed by atoms with Crippen LogP contribution in [0.2, 0.25) is 0 Å². The molecule has 0 spiro atoms. The summed E-state index contributed by atoms with van der Waals surface area (Å²) < 4.78 is 1.93. The summed E-state index contributed by atoms with van der Waals surface area (Å²) in [4.78, 5) is 22.9. The lowest BCUT2D eigenvalue weighted by molar-refractivity contribution is -0.140. The summed E-state index contributed by atoms with van der Waals surface area (Å²) >= 11 is 0. The van der Waals surface area contributed by atoms with Crippen LogP contribution in [0.3, 0.4) is 0 Å². The van der Waals surface area contributed by atoms with Gasteiger partial charge in [0.25, 0.3) is 0 Å². The Kier molecular flexibility index (Phi) is 4.38. The molecular formula is C18H21N3O3. The quantitative estimate of drug-likeness (QED) is 0.848. The molecule has 126 valence electrons. The molecule has 6 heteroatoms. The van der Waals surface area contributed by atoms with Gasteiger partial charge in [-0.1, -0.05) is 30.3 Å². The van der Waals surface area contributed by atoms with Crippen molar-refractivity contribution in [2.75, 3.05) is 0 Å². The number of carboxylic acids is 1. The molecule has 1 aliphatic carbocycles. The molecule has 1 aliphatic rings. The van der Waals surface area contributed by atoms with Crippen molar-refractivity contribution in [1.29, 1.82) is 0 Å². The summed E-state index contributed by atoms with van der Waals surface area (Å²) in [6.45, 7) is 4.98. The first-order chi connectivity index (χ1) is 11.5. The van der Waals surface area contributed by atoms with E-state index in [1.165, 1.54) is 5.56 Å². The molecule has 1 aromatic carbocycles. The number of nitrogens with one attached hydrogen (secondary N) is 1. The van der Waals surface area contributed by atoms with Crippen molar-refractivity contribution in [2.45, 2.75) is 33.4 Å². The molecule has 1 heterocycles. The molecule has 1 aromatic heterocycles. The average Bonchev–Trinajstić information content (AvgIpc) is 3.31. The summed E-state index contributed by atoms with van der Waals surface area (Å²) in [6, 6.07) is 10.1. The number of amides is 1. The van der Waals surface area contributed by atoms with Gasteiger partial charge in [-0.05, 0) is 25.8 Å². The number of rotatable bonds is 6. The van der Waals surface area contributed by atoms with Crippen molar-refractivity contribution in [2.24, 2.45) is 11.8 Å². The Morgan fingerprint density at radius 2 is 1.96 bits per heavy atom. The van der Waals surface area contributed by atoms with Gasteiger partial charge in [-0.2, -0.15) is 5.10 Å². The van der Waals surface area contributed by atoms with Crippen molar-refractivity contribution < 1.29 is 14.7 Å². The van der Waals surface area contributed by atoms with E-state index in [9.17, 15) is 9.59 Å². The Hall–Kier alpha value is -2.63. The van der Waals surface area contributed by atoms with Crippen LogP contribution in [-0.2, 0) is 22.7 Å². The van der Waals surface area contributed by atoms with Gasteiger partial charge in [0.05, 0.1) is 24.1 Å². The highest BCUT2D eigenvalue weighted by Gasteiger charge is 2.48. The zero-order chi connectivity index (χ0) is 17.3. The minimum atomic E-state index is -0.891. The normalized spacial score (nSPS) is 19.1. The van der Waals surface area contributed by atoms with Crippen LogP contribution in [0.4, 0.5) is 0 Å². The van der Waals surface area contributed by atoms with E-state index in [0.717, 1.165) is 17.0 Å². The second-order valence-electron chi connectivity index (χ2n) is 6.30. The van der Waals surface area contributed by atoms with Crippen molar-refractivity contribution in [3.8, 4) is 0 Å². The van der Waals surface area contributed by atoms with Gasteiger partial charge in [-0.3, -0.25) is 14.3 Å². The van der Waals surface area contributed by atoms with E-state index in [-0.39, 0.29) is 11.8 Å². The summed E-state index contributed by atoms with van der Waals surface area (Å²) in [6.07, 6.45) is 0.437. The average molecular weight is 327 g/mol. The van der Waals surface area contributed by atoms with E-state index in [0.29, 0.717) is 19.5 Å². The molecule has 0 radical (unpaired) electrons. The van der Waals surface area contributed by atoms with Gasteiger partial charge in [0.15, 0.2) is 0 Å². The lowest BCUT2D eigenvalue weighted by Crippen LogP contribution is -2.26. The van der Waals surface area contributed by atoms with Gasteiger partial charge in [-0.15, -0.1) is 0 Å². The largest absolute Gasteiger partial charge is 0.481 e. The van der Waals surface area contributed by atoms with Crippen LogP contribution in [0.1, 0.15) is 28.9 Å². The summed E-state index contributed by atoms with van der Waals surface area (Å²) in [5, 5.41) is 16.3. The van der Waals surface area contributed by atoms with Crippen molar-refractivity contribution in [1.82, 2.24) is 15.1 Å². The molecule has 0 saturated heterocycles. The zero-order valence-corrected chi connectivity index (χ0v) is 13.8. The van der Waals surface area contributed by atoms with Gasteiger partial charge in [0.1, 0.15) is 0 Å². The molecular weight excluding hydrogens is 306 g/mol. The molecule has 2 N–H and O–H groups in total. The topological polar surface area (TPSA) is 84.2 Å². The molecule has 6 nitrogen and oxygen atoms in total. The fourth-order valence-electron chi connectivity index (χ4n) is 2.96. The molecule has 2 aromatic rings. The number of benzene rings is 1. The molecule has 24 heavy (non-hydrogen) atoms. The number of carbonyl (C=O) groups excluding carboxylic acids is 1. The summed E-state index contributed by atoms with van der Waals surface area (Å²) in [5.41, 5.74) is 4.06. The lowest BCUT2D eigenvalue weighted by Gasteiger charge is -2.07. The van der Waals surface area contributed by atoms with Gasteiger partial charge in [-0.25, -0.2) is 0 Å². The molecule has 3 rings (SSSR count). The molecule has 0 aliphatic heterocycles. The first-order valence-electron chi connectivity index (χ1n) is 8.04. The minimum absolute atomic E-state index is 0.183. The van der Waals surface area contributed by atoms with Crippen LogP contribution in [0, 0.1) is 25.7 Å². The summed E-state index contributed by atoms with van der Waals surface area (Å²) in [5.74, 6) is -1.98. The van der Waals surface area contributed by atoms with E-state index in [2.05, 4.69) is 22.5 Å². The van der Waals surface area contributed by atoms with Crippen LogP contribution >= 0.6 is 0 Å². The van der Waals surface area contributed by atoms with Crippen LogP contribution in [0.5, 0.6) is 0 Å². The highest BCUT2D eigenvalue weighted by molar-refractivity contribution is 5.89. The fourth-order valence-corrected chi connectivity index (χ4v) is 2.96. The number of carbonyl (C=O) groups is 2. The maximum Gasteiger partial charge on any atom is 0.307 e. The predicted octanol–water partition coefficient (Wildman–Crippen LogP) is 1.89. The molecule has 1 fully saturated rings. The highest BCUT2D eigenvalue weighted by Crippen LogP contribution is 2.38. The first kappa shape index (κ1) is 16.2. The van der Waals surface area contributed by atoms with E-state index >= 15 is 0 Å². The lowest BCUT2D eigenvalue weighted by atomic mass is 10.2. The van der Waals surface area contributed by atoms with E-state index < -0.39 is 11.9 Å². The van der Waals surface area contributed by atoms with E-state index in [4.69, 9.17) is 5.11 Å². The standard InChI is InChI=1S/C18H21N3O3/c1-11-16(9-19-17(22)14-8-15(14)18(23)24)12(2)21(20-11)10-13-6-4-3-5-7-13/h3-7,14-15H,8-10H2,1-2H3,(H,19,22)(H,23,24)/t14-,15-/m1/s1. The number of aromatic nitrogens is 2. The second kappa shape index (κ2) is 6.47. The Labute approximate surface area is 140 Å². The zero-order valence-electron chi connectivity index (χ0n) is 13.8. The predicted molar refractivity (Wildman–Crippen MR) is 88.3 cm³/mol. The van der Waals surface area contributed by atoms with Crippen molar-refractivity contribution in [3.63, 3.8) is 0 Å². The molecule has 1 saturated carbocycles. The van der Waals surface area contributed by atoms with Gasteiger partial charge in [0.2, 0.25) is 5.91 Å². The second-order valence-corrected chi connectivity index (χ2v) is 6.30. The van der Waals surface area contributed by atoms with Crippen LogP contribution in [0.15, 0.2) is 30.3 Å². The van der Waals surface area contributed by atoms with Crippen molar-refractivity contribution in [3.05, 3.63) is 52.8 Å². The van der Waals surface area contributed by atoms with Gasteiger partial charge < -0.3 is 10.4 Å². The maximum absolute atomic E-state index is 12.0. The molecule has 2 atom stereocenters. The summed E-state index contributed by atoms with van der Waals surface area (Å²) in [7, 11) is 0. The SMILES string of the molecule is Cc1nn(Cc2ccccc2)c(C)c1CNC(=O)[C@@H]1C[C@H]1C(=O)O. The van der Waals surface area contributed by atoms with E-state index in [1.807, 2.05) is 36.7 Å².